The highest BCUT2D eigenvalue weighted by Crippen LogP contribution is 2.19. The average Bonchev–Trinajstić information content (AvgIpc) is 3.13. The van der Waals surface area contributed by atoms with E-state index in [-0.39, 0.29) is 11.2 Å². The second kappa shape index (κ2) is 8.60. The number of nitrogens with zero attached hydrogens (tertiary/aromatic N) is 4. The van der Waals surface area contributed by atoms with Crippen molar-refractivity contribution in [3.63, 3.8) is 0 Å². The topological polar surface area (TPSA) is 106 Å². The minimum Gasteiger partial charge on any atom is -0.497 e. The summed E-state index contributed by atoms with van der Waals surface area (Å²) in [6.45, 7) is 0.367. The fourth-order valence-electron chi connectivity index (χ4n) is 3.10. The minimum atomic E-state index is -0.529. The van der Waals surface area contributed by atoms with Crippen LogP contribution < -0.4 is 21.4 Å². The van der Waals surface area contributed by atoms with Crippen molar-refractivity contribution in [3.05, 3.63) is 85.0 Å². The molecule has 2 heterocycles. The molecule has 0 fully saturated rings. The van der Waals surface area contributed by atoms with Gasteiger partial charge in [0.05, 0.1) is 19.9 Å². The number of imidazole rings is 1. The number of fused-ring (bicyclic) bond motifs is 1. The molecule has 0 aliphatic heterocycles. The van der Waals surface area contributed by atoms with Gasteiger partial charge in [-0.25, -0.2) is 10.2 Å². The first-order chi connectivity index (χ1) is 15.0. The maximum absolute atomic E-state index is 12.6. The van der Waals surface area contributed by atoms with E-state index in [1.165, 1.54) is 4.57 Å². The highest BCUT2D eigenvalue weighted by Gasteiger charge is 2.17. The molecule has 0 radical (unpaired) electrons. The molecule has 10 heteroatoms. The molecule has 2 aromatic heterocycles. The molecule has 0 aliphatic carbocycles. The van der Waals surface area contributed by atoms with Gasteiger partial charge in [0.1, 0.15) is 5.75 Å². The molecule has 0 atom stereocenters. The van der Waals surface area contributed by atoms with Gasteiger partial charge in [0, 0.05) is 11.5 Å². The van der Waals surface area contributed by atoms with Gasteiger partial charge >= 0.3 is 5.69 Å². The van der Waals surface area contributed by atoms with Crippen LogP contribution in [-0.2, 0) is 13.6 Å². The number of aromatic amines is 1. The van der Waals surface area contributed by atoms with Crippen molar-refractivity contribution in [1.29, 1.82) is 0 Å². The number of anilines is 1. The summed E-state index contributed by atoms with van der Waals surface area (Å²) in [5.74, 6) is 1.09. The van der Waals surface area contributed by atoms with Crippen molar-refractivity contribution in [1.82, 2.24) is 19.1 Å². The molecule has 0 unspecified atom stereocenters. The zero-order valence-corrected chi connectivity index (χ0v) is 18.4. The summed E-state index contributed by atoms with van der Waals surface area (Å²) in [5, 5.41) is 4.25. The quantitative estimate of drug-likeness (QED) is 0.324. The van der Waals surface area contributed by atoms with E-state index < -0.39 is 11.2 Å². The number of halogens is 1. The van der Waals surface area contributed by atoms with Crippen molar-refractivity contribution >= 4 is 39.3 Å². The lowest BCUT2D eigenvalue weighted by molar-refractivity contribution is 0.415. The van der Waals surface area contributed by atoms with Crippen LogP contribution in [0.15, 0.2) is 67.7 Å². The van der Waals surface area contributed by atoms with E-state index in [4.69, 9.17) is 4.74 Å². The van der Waals surface area contributed by atoms with E-state index in [9.17, 15) is 9.59 Å². The highest BCUT2D eigenvalue weighted by atomic mass is 79.9. The third kappa shape index (κ3) is 4.29. The Morgan fingerprint density at radius 3 is 2.55 bits per heavy atom. The largest absolute Gasteiger partial charge is 0.497 e. The van der Waals surface area contributed by atoms with Crippen molar-refractivity contribution in [2.45, 2.75) is 6.54 Å². The molecule has 0 aliphatic rings. The minimum absolute atomic E-state index is 0.271. The van der Waals surface area contributed by atoms with Gasteiger partial charge < -0.3 is 4.74 Å². The fraction of sp³-hybridized carbons (Fsp3) is 0.143. The number of rotatable bonds is 6. The SMILES string of the molecule is COc1ccc(C=NNc2nc3c(c(=O)[nH]c(=O)n3C)n2Cc2ccc(Br)cc2)cc1. The Morgan fingerprint density at radius 1 is 1.16 bits per heavy atom. The van der Waals surface area contributed by atoms with Crippen molar-refractivity contribution in [2.75, 3.05) is 12.5 Å². The van der Waals surface area contributed by atoms with Gasteiger partial charge in [0.25, 0.3) is 5.56 Å². The lowest BCUT2D eigenvalue weighted by Crippen LogP contribution is -2.29. The van der Waals surface area contributed by atoms with Gasteiger partial charge in [-0.1, -0.05) is 28.1 Å². The Balaban J connectivity index is 1.73. The number of hydrazone groups is 1. The molecule has 0 saturated carbocycles. The summed E-state index contributed by atoms with van der Waals surface area (Å²) in [6.07, 6.45) is 1.63. The summed E-state index contributed by atoms with van der Waals surface area (Å²) in [5.41, 5.74) is 4.23. The number of hydrogen-bond donors (Lipinski definition) is 2. The number of aryl methyl sites for hydroxylation is 1. The number of H-pyrrole nitrogens is 1. The van der Waals surface area contributed by atoms with Crippen LogP contribution in [0.4, 0.5) is 5.95 Å². The first kappa shape index (κ1) is 20.6. The fourth-order valence-corrected chi connectivity index (χ4v) is 3.37. The Kier molecular flexibility index (Phi) is 5.72. The lowest BCUT2D eigenvalue weighted by Gasteiger charge is -2.08. The molecule has 31 heavy (non-hydrogen) atoms. The van der Waals surface area contributed by atoms with E-state index >= 15 is 0 Å². The molecule has 4 rings (SSSR count). The second-order valence-electron chi connectivity index (χ2n) is 6.78. The predicted molar refractivity (Wildman–Crippen MR) is 123 cm³/mol. The van der Waals surface area contributed by atoms with E-state index in [1.807, 2.05) is 48.5 Å². The van der Waals surface area contributed by atoms with Crippen molar-refractivity contribution in [3.8, 4) is 5.75 Å². The van der Waals surface area contributed by atoms with Gasteiger partial charge in [-0.2, -0.15) is 10.1 Å². The van der Waals surface area contributed by atoms with E-state index in [2.05, 4.69) is 36.4 Å². The van der Waals surface area contributed by atoms with Crippen LogP contribution in [0.25, 0.3) is 11.2 Å². The first-order valence-corrected chi connectivity index (χ1v) is 10.1. The Hall–Kier alpha value is -3.66. The zero-order chi connectivity index (χ0) is 22.0. The number of benzene rings is 2. The zero-order valence-electron chi connectivity index (χ0n) is 16.8. The molecule has 0 amide bonds. The molecule has 2 N–H and O–H groups in total. The summed E-state index contributed by atoms with van der Waals surface area (Å²) in [6, 6.07) is 15.1. The maximum Gasteiger partial charge on any atom is 0.329 e. The van der Waals surface area contributed by atoms with Crippen LogP contribution in [0.5, 0.6) is 5.75 Å². The van der Waals surface area contributed by atoms with Gasteiger partial charge in [-0.15, -0.1) is 0 Å². The first-order valence-electron chi connectivity index (χ1n) is 9.33. The van der Waals surface area contributed by atoms with Gasteiger partial charge in [-0.3, -0.25) is 18.9 Å². The maximum atomic E-state index is 12.6. The predicted octanol–water partition coefficient (Wildman–Crippen LogP) is 2.69. The van der Waals surface area contributed by atoms with E-state index in [0.717, 1.165) is 21.3 Å². The van der Waals surface area contributed by atoms with Crippen LogP contribution in [-0.4, -0.2) is 32.4 Å². The Labute approximate surface area is 185 Å². The van der Waals surface area contributed by atoms with Crippen molar-refractivity contribution in [2.24, 2.45) is 12.1 Å². The van der Waals surface area contributed by atoms with Gasteiger partial charge in [-0.05, 0) is 47.5 Å². The highest BCUT2D eigenvalue weighted by molar-refractivity contribution is 9.10. The number of aromatic nitrogens is 4. The third-order valence-electron chi connectivity index (χ3n) is 4.75. The molecular weight excluding hydrogens is 464 g/mol. The third-order valence-corrected chi connectivity index (χ3v) is 5.28. The van der Waals surface area contributed by atoms with Crippen LogP contribution in [0, 0.1) is 0 Å². The summed E-state index contributed by atoms with van der Waals surface area (Å²) in [4.78, 5) is 31.4. The normalized spacial score (nSPS) is 11.3. The molecule has 4 aromatic rings. The molecule has 158 valence electrons. The van der Waals surface area contributed by atoms with Crippen molar-refractivity contribution < 1.29 is 4.74 Å². The number of ether oxygens (including phenoxy) is 1. The average molecular weight is 483 g/mol. The Morgan fingerprint density at radius 2 is 1.87 bits per heavy atom. The lowest BCUT2D eigenvalue weighted by atomic mass is 10.2. The van der Waals surface area contributed by atoms with Gasteiger partial charge in [0.15, 0.2) is 11.2 Å². The second-order valence-corrected chi connectivity index (χ2v) is 7.70. The van der Waals surface area contributed by atoms with Crippen LogP contribution in [0.3, 0.4) is 0 Å². The number of hydrogen-bond acceptors (Lipinski definition) is 6. The van der Waals surface area contributed by atoms with Crippen LogP contribution in [0.1, 0.15) is 11.1 Å². The van der Waals surface area contributed by atoms with Gasteiger partial charge in [0.2, 0.25) is 5.95 Å². The summed E-state index contributed by atoms with van der Waals surface area (Å²) < 4.78 is 9.10. The smallest absolute Gasteiger partial charge is 0.329 e. The molecule has 0 saturated heterocycles. The van der Waals surface area contributed by atoms with Crippen LogP contribution in [0.2, 0.25) is 0 Å². The van der Waals surface area contributed by atoms with Crippen LogP contribution >= 0.6 is 15.9 Å². The number of methoxy groups -OCH3 is 1. The van der Waals surface area contributed by atoms with E-state index in [1.54, 1.807) is 24.9 Å². The van der Waals surface area contributed by atoms with E-state index in [0.29, 0.717) is 12.5 Å². The molecule has 9 nitrogen and oxygen atoms in total. The Bertz CT molecular complexity index is 1370. The standard InChI is InChI=1S/C21H19BrN6O3/c1-27-18-17(19(29)25-21(27)30)28(12-14-3-7-15(22)8-4-14)20(24-18)26-23-11-13-5-9-16(31-2)10-6-13/h3-11H,12H2,1-2H3,(H,24,26)(H,25,29,30). The molecule has 0 bridgehead atoms. The monoisotopic (exact) mass is 482 g/mol. The summed E-state index contributed by atoms with van der Waals surface area (Å²) >= 11 is 3.42. The molecular formula is C21H19BrN6O3. The number of nitrogens with one attached hydrogen (secondary N) is 2. The molecule has 0 spiro atoms. The summed E-state index contributed by atoms with van der Waals surface area (Å²) in [7, 11) is 3.16. The molecule has 2 aromatic carbocycles.